The van der Waals surface area contributed by atoms with E-state index in [9.17, 15) is 8.42 Å². The van der Waals surface area contributed by atoms with Crippen LogP contribution in [0.1, 0.15) is 39.5 Å². The highest BCUT2D eigenvalue weighted by atomic mass is 32.2. The van der Waals surface area contributed by atoms with Gasteiger partial charge in [-0.2, -0.15) is 12.7 Å². The largest absolute Gasteiger partial charge is 0.382 e. The summed E-state index contributed by atoms with van der Waals surface area (Å²) in [6.07, 6.45) is 3.86. The molecule has 0 spiro atoms. The van der Waals surface area contributed by atoms with E-state index in [0.29, 0.717) is 45.2 Å². The van der Waals surface area contributed by atoms with Gasteiger partial charge in [-0.1, -0.05) is 6.92 Å². The van der Waals surface area contributed by atoms with Crippen molar-refractivity contribution in [1.82, 2.24) is 14.3 Å². The lowest BCUT2D eigenvalue weighted by molar-refractivity contribution is 0.145. The van der Waals surface area contributed by atoms with Crippen LogP contribution in [0.2, 0.25) is 0 Å². The van der Waals surface area contributed by atoms with Gasteiger partial charge in [-0.15, -0.1) is 0 Å². The van der Waals surface area contributed by atoms with Crippen LogP contribution in [0.25, 0.3) is 0 Å². The Bertz CT molecular complexity index is 362. The van der Waals surface area contributed by atoms with Gasteiger partial charge in [0.05, 0.1) is 0 Å². The molecule has 21 heavy (non-hydrogen) atoms. The molecule has 1 aliphatic heterocycles. The molecule has 1 fully saturated rings. The Balaban J connectivity index is 2.32. The smallest absolute Gasteiger partial charge is 0.279 e. The van der Waals surface area contributed by atoms with Crippen molar-refractivity contribution in [3.63, 3.8) is 0 Å². The Morgan fingerprint density at radius 2 is 2.10 bits per heavy atom. The first-order valence-electron chi connectivity index (χ1n) is 8.13. The second-order valence-electron chi connectivity index (χ2n) is 5.52. The monoisotopic (exact) mass is 321 g/mol. The molecule has 1 saturated heterocycles. The van der Waals surface area contributed by atoms with Gasteiger partial charge in [0.15, 0.2) is 0 Å². The topological polar surface area (TPSA) is 70.7 Å². The number of piperidine rings is 1. The Morgan fingerprint density at radius 1 is 1.29 bits per heavy atom. The van der Waals surface area contributed by atoms with Crippen molar-refractivity contribution in [2.75, 3.05) is 45.9 Å². The maximum absolute atomic E-state index is 12.2. The first-order valence-corrected chi connectivity index (χ1v) is 9.57. The molecular weight excluding hydrogens is 290 g/mol. The number of hydrogen-bond donors (Lipinski definition) is 2. The zero-order valence-corrected chi connectivity index (χ0v) is 14.3. The molecule has 0 aromatic heterocycles. The van der Waals surface area contributed by atoms with Crippen LogP contribution in [-0.2, 0) is 14.9 Å². The molecule has 1 heterocycles. The summed E-state index contributed by atoms with van der Waals surface area (Å²) in [5.41, 5.74) is 0. The van der Waals surface area contributed by atoms with E-state index in [0.717, 1.165) is 32.4 Å². The second kappa shape index (κ2) is 10.5. The van der Waals surface area contributed by atoms with Gasteiger partial charge in [-0.3, -0.25) is 0 Å². The first kappa shape index (κ1) is 18.8. The zero-order valence-electron chi connectivity index (χ0n) is 13.4. The average Bonchev–Trinajstić information content (AvgIpc) is 2.48. The number of nitrogens with zero attached hydrogens (tertiary/aromatic N) is 1. The summed E-state index contributed by atoms with van der Waals surface area (Å²) in [6.45, 7) is 8.94. The molecule has 6 nitrogen and oxygen atoms in total. The molecule has 1 aliphatic rings. The van der Waals surface area contributed by atoms with E-state index in [1.54, 1.807) is 4.31 Å². The van der Waals surface area contributed by atoms with Crippen LogP contribution < -0.4 is 10.0 Å². The van der Waals surface area contributed by atoms with E-state index in [1.165, 1.54) is 0 Å². The number of nitrogens with one attached hydrogen (secondary N) is 2. The lowest BCUT2D eigenvalue weighted by Gasteiger charge is -2.32. The predicted molar refractivity (Wildman–Crippen MR) is 85.5 cm³/mol. The molecule has 126 valence electrons. The molecule has 7 heteroatoms. The van der Waals surface area contributed by atoms with Crippen molar-refractivity contribution in [2.45, 2.75) is 39.5 Å². The maximum Gasteiger partial charge on any atom is 0.279 e. The highest BCUT2D eigenvalue weighted by molar-refractivity contribution is 7.87. The summed E-state index contributed by atoms with van der Waals surface area (Å²) >= 11 is 0. The first-order chi connectivity index (χ1) is 10.1. The SMILES string of the molecule is CCCNCC1CCCN(S(=O)(=O)NCCCOCC)C1. The van der Waals surface area contributed by atoms with Crippen molar-refractivity contribution >= 4 is 10.2 Å². The summed E-state index contributed by atoms with van der Waals surface area (Å²) in [5, 5.41) is 3.38. The summed E-state index contributed by atoms with van der Waals surface area (Å²) in [4.78, 5) is 0. The number of rotatable bonds is 11. The molecule has 1 rings (SSSR count). The third kappa shape index (κ3) is 7.56. The van der Waals surface area contributed by atoms with Crippen LogP contribution in [0.4, 0.5) is 0 Å². The van der Waals surface area contributed by atoms with Crippen LogP contribution in [0, 0.1) is 5.92 Å². The van der Waals surface area contributed by atoms with Crippen molar-refractivity contribution < 1.29 is 13.2 Å². The molecule has 0 bridgehead atoms. The lowest BCUT2D eigenvalue weighted by Crippen LogP contribution is -2.48. The minimum absolute atomic E-state index is 0.422. The van der Waals surface area contributed by atoms with Crippen LogP contribution in [0.15, 0.2) is 0 Å². The normalized spacial score (nSPS) is 20.8. The van der Waals surface area contributed by atoms with Crippen LogP contribution in [-0.4, -0.2) is 58.7 Å². The quantitative estimate of drug-likeness (QED) is 0.556. The van der Waals surface area contributed by atoms with Crippen molar-refractivity contribution in [3.05, 3.63) is 0 Å². The molecule has 1 atom stereocenters. The third-order valence-electron chi connectivity index (χ3n) is 3.64. The molecule has 0 saturated carbocycles. The Morgan fingerprint density at radius 3 is 2.81 bits per heavy atom. The minimum atomic E-state index is -3.33. The van der Waals surface area contributed by atoms with Gasteiger partial charge < -0.3 is 10.1 Å². The Kier molecular flexibility index (Phi) is 9.42. The van der Waals surface area contributed by atoms with E-state index < -0.39 is 10.2 Å². The Labute approximate surface area is 129 Å². The van der Waals surface area contributed by atoms with Crippen molar-refractivity contribution in [2.24, 2.45) is 5.92 Å². The molecule has 0 aliphatic carbocycles. The zero-order chi connectivity index (χ0) is 15.6. The van der Waals surface area contributed by atoms with Crippen LogP contribution >= 0.6 is 0 Å². The fraction of sp³-hybridized carbons (Fsp3) is 1.00. The van der Waals surface area contributed by atoms with E-state index >= 15 is 0 Å². The third-order valence-corrected chi connectivity index (χ3v) is 5.22. The van der Waals surface area contributed by atoms with E-state index in [2.05, 4.69) is 17.0 Å². The summed E-state index contributed by atoms with van der Waals surface area (Å²) in [7, 11) is -3.33. The Hall–Kier alpha value is -0.210. The predicted octanol–water partition coefficient (Wildman–Crippen LogP) is 0.959. The molecule has 2 N–H and O–H groups in total. The molecule has 0 aromatic rings. The van der Waals surface area contributed by atoms with Crippen molar-refractivity contribution in [3.8, 4) is 0 Å². The molecule has 0 aromatic carbocycles. The fourth-order valence-electron chi connectivity index (χ4n) is 2.51. The standard InChI is InChI=1S/C14H31N3O3S/c1-3-8-15-12-14-7-5-10-17(13-14)21(18,19)16-9-6-11-20-4-2/h14-16H,3-13H2,1-2H3. The fourth-order valence-corrected chi connectivity index (χ4v) is 3.87. The maximum atomic E-state index is 12.2. The molecule has 1 unspecified atom stereocenters. The molecule has 0 radical (unpaired) electrons. The average molecular weight is 321 g/mol. The highest BCUT2D eigenvalue weighted by Gasteiger charge is 2.28. The summed E-state index contributed by atoms with van der Waals surface area (Å²) < 4.78 is 34.0. The van der Waals surface area contributed by atoms with Gasteiger partial charge in [-0.05, 0) is 51.6 Å². The number of ether oxygens (including phenoxy) is 1. The van der Waals surface area contributed by atoms with E-state index in [4.69, 9.17) is 4.74 Å². The number of hydrogen-bond acceptors (Lipinski definition) is 4. The van der Waals surface area contributed by atoms with Gasteiger partial charge in [0, 0.05) is 32.8 Å². The van der Waals surface area contributed by atoms with E-state index in [1.807, 2.05) is 6.92 Å². The molecular formula is C14H31N3O3S. The van der Waals surface area contributed by atoms with Crippen LogP contribution in [0.5, 0.6) is 0 Å². The second-order valence-corrected chi connectivity index (χ2v) is 7.28. The van der Waals surface area contributed by atoms with Gasteiger partial charge >= 0.3 is 0 Å². The van der Waals surface area contributed by atoms with Crippen LogP contribution in [0.3, 0.4) is 0 Å². The highest BCUT2D eigenvalue weighted by Crippen LogP contribution is 2.17. The van der Waals surface area contributed by atoms with Crippen molar-refractivity contribution in [1.29, 1.82) is 0 Å². The van der Waals surface area contributed by atoms with Gasteiger partial charge in [0.1, 0.15) is 0 Å². The van der Waals surface area contributed by atoms with Gasteiger partial charge in [0.25, 0.3) is 10.2 Å². The minimum Gasteiger partial charge on any atom is -0.382 e. The lowest BCUT2D eigenvalue weighted by atomic mass is 10.00. The van der Waals surface area contributed by atoms with Gasteiger partial charge in [0.2, 0.25) is 0 Å². The summed E-state index contributed by atoms with van der Waals surface area (Å²) in [5.74, 6) is 0.422. The summed E-state index contributed by atoms with van der Waals surface area (Å²) in [6, 6.07) is 0. The van der Waals surface area contributed by atoms with Gasteiger partial charge in [-0.25, -0.2) is 4.72 Å². The van der Waals surface area contributed by atoms with E-state index in [-0.39, 0.29) is 0 Å². The molecule has 0 amide bonds.